The van der Waals surface area contributed by atoms with Gasteiger partial charge in [0.25, 0.3) is 0 Å². The molecule has 1 N–H and O–H groups in total. The number of aliphatic hydroxyl groups is 1. The SMILES string of the molecule is CCCCCC(O)CC(CC)CC. The molecule has 1 heteroatoms. The highest BCUT2D eigenvalue weighted by Crippen LogP contribution is 2.17. The van der Waals surface area contributed by atoms with Crippen molar-refractivity contribution in [3.8, 4) is 0 Å². The second kappa shape index (κ2) is 8.55. The number of rotatable bonds is 8. The number of unbranched alkanes of at least 4 members (excludes halogenated alkanes) is 2. The summed E-state index contributed by atoms with van der Waals surface area (Å²) in [5.74, 6) is 0.733. The van der Waals surface area contributed by atoms with Crippen molar-refractivity contribution < 1.29 is 5.11 Å². The van der Waals surface area contributed by atoms with Crippen LogP contribution in [0.2, 0.25) is 0 Å². The summed E-state index contributed by atoms with van der Waals surface area (Å²) in [5.41, 5.74) is 0. The first-order valence-electron chi connectivity index (χ1n) is 5.92. The molecule has 0 aromatic carbocycles. The Morgan fingerprint density at radius 3 is 2.08 bits per heavy atom. The van der Waals surface area contributed by atoms with Gasteiger partial charge in [-0.1, -0.05) is 52.9 Å². The lowest BCUT2D eigenvalue weighted by atomic mass is 9.94. The van der Waals surface area contributed by atoms with Gasteiger partial charge in [0.1, 0.15) is 0 Å². The van der Waals surface area contributed by atoms with Gasteiger partial charge in [0, 0.05) is 0 Å². The van der Waals surface area contributed by atoms with E-state index in [-0.39, 0.29) is 6.10 Å². The lowest BCUT2D eigenvalue weighted by Crippen LogP contribution is -2.12. The zero-order valence-corrected chi connectivity index (χ0v) is 9.55. The van der Waals surface area contributed by atoms with E-state index in [2.05, 4.69) is 20.8 Å². The first-order valence-corrected chi connectivity index (χ1v) is 5.92. The van der Waals surface area contributed by atoms with Crippen LogP contribution in [0.25, 0.3) is 0 Å². The molecule has 1 nitrogen and oxygen atoms in total. The van der Waals surface area contributed by atoms with Crippen LogP contribution in [0.1, 0.15) is 65.7 Å². The molecule has 0 radical (unpaired) electrons. The van der Waals surface area contributed by atoms with Crippen molar-refractivity contribution in [2.45, 2.75) is 71.8 Å². The Morgan fingerprint density at radius 2 is 1.62 bits per heavy atom. The third-order valence-electron chi connectivity index (χ3n) is 2.90. The molecule has 1 unspecified atom stereocenters. The van der Waals surface area contributed by atoms with Crippen molar-refractivity contribution in [1.82, 2.24) is 0 Å². The molecule has 0 aromatic heterocycles. The normalized spacial score (nSPS) is 13.6. The molecule has 0 fully saturated rings. The smallest absolute Gasteiger partial charge is 0.0542 e. The Bertz CT molecular complexity index is 97.3. The lowest BCUT2D eigenvalue weighted by molar-refractivity contribution is 0.127. The molecule has 0 heterocycles. The van der Waals surface area contributed by atoms with E-state index >= 15 is 0 Å². The molecule has 0 aliphatic heterocycles. The average molecular weight is 186 g/mol. The van der Waals surface area contributed by atoms with Crippen LogP contribution in [-0.4, -0.2) is 11.2 Å². The molecule has 0 saturated carbocycles. The second-order valence-electron chi connectivity index (χ2n) is 4.07. The summed E-state index contributed by atoms with van der Waals surface area (Å²) < 4.78 is 0. The van der Waals surface area contributed by atoms with E-state index < -0.39 is 0 Å². The topological polar surface area (TPSA) is 20.2 Å². The standard InChI is InChI=1S/C12H26O/c1-4-7-8-9-12(13)10-11(5-2)6-3/h11-13H,4-10H2,1-3H3. The van der Waals surface area contributed by atoms with Crippen molar-refractivity contribution in [3.05, 3.63) is 0 Å². The van der Waals surface area contributed by atoms with Crippen molar-refractivity contribution in [1.29, 1.82) is 0 Å². The molecule has 0 rings (SSSR count). The van der Waals surface area contributed by atoms with Crippen LogP contribution in [0.3, 0.4) is 0 Å². The Labute approximate surface area is 83.5 Å². The summed E-state index contributed by atoms with van der Waals surface area (Å²) in [6.45, 7) is 6.63. The molecule has 13 heavy (non-hydrogen) atoms. The quantitative estimate of drug-likeness (QED) is 0.572. The average Bonchev–Trinajstić information content (AvgIpc) is 2.14. The largest absolute Gasteiger partial charge is 0.393 e. The summed E-state index contributed by atoms with van der Waals surface area (Å²) in [4.78, 5) is 0. The highest BCUT2D eigenvalue weighted by atomic mass is 16.3. The maximum absolute atomic E-state index is 9.71. The summed E-state index contributed by atoms with van der Waals surface area (Å²) >= 11 is 0. The van der Waals surface area contributed by atoms with Gasteiger partial charge in [-0.05, 0) is 18.8 Å². The molecule has 0 amide bonds. The number of hydrogen-bond acceptors (Lipinski definition) is 1. The molecule has 0 aromatic rings. The molecule has 0 bridgehead atoms. The molecule has 0 aliphatic rings. The summed E-state index contributed by atoms with van der Waals surface area (Å²) in [6.07, 6.45) is 8.09. The van der Waals surface area contributed by atoms with Gasteiger partial charge in [-0.3, -0.25) is 0 Å². The van der Waals surface area contributed by atoms with Crippen LogP contribution in [-0.2, 0) is 0 Å². The fourth-order valence-corrected chi connectivity index (χ4v) is 1.75. The third kappa shape index (κ3) is 7.06. The summed E-state index contributed by atoms with van der Waals surface area (Å²) in [6, 6.07) is 0. The van der Waals surface area contributed by atoms with Crippen LogP contribution in [0, 0.1) is 5.92 Å². The Hall–Kier alpha value is -0.0400. The molecule has 80 valence electrons. The Balaban J connectivity index is 3.42. The Kier molecular flexibility index (Phi) is 8.53. The van der Waals surface area contributed by atoms with Crippen LogP contribution >= 0.6 is 0 Å². The van der Waals surface area contributed by atoms with Crippen molar-refractivity contribution in [2.75, 3.05) is 0 Å². The predicted molar refractivity (Wildman–Crippen MR) is 58.8 cm³/mol. The molecule has 1 atom stereocenters. The van der Waals surface area contributed by atoms with E-state index in [0.717, 1.165) is 18.8 Å². The zero-order chi connectivity index (χ0) is 10.1. The minimum Gasteiger partial charge on any atom is -0.393 e. The van der Waals surface area contributed by atoms with Crippen LogP contribution in [0.15, 0.2) is 0 Å². The minimum absolute atomic E-state index is 0.0450. The number of hydrogen-bond donors (Lipinski definition) is 1. The maximum Gasteiger partial charge on any atom is 0.0542 e. The van der Waals surface area contributed by atoms with Crippen molar-refractivity contribution in [3.63, 3.8) is 0 Å². The Morgan fingerprint density at radius 1 is 1.00 bits per heavy atom. The lowest BCUT2D eigenvalue weighted by Gasteiger charge is -2.16. The summed E-state index contributed by atoms with van der Waals surface area (Å²) in [7, 11) is 0. The third-order valence-corrected chi connectivity index (χ3v) is 2.90. The van der Waals surface area contributed by atoms with Gasteiger partial charge in [-0.2, -0.15) is 0 Å². The van der Waals surface area contributed by atoms with Crippen LogP contribution in [0.5, 0.6) is 0 Å². The molecule has 0 saturated heterocycles. The van der Waals surface area contributed by atoms with Gasteiger partial charge in [0.2, 0.25) is 0 Å². The van der Waals surface area contributed by atoms with E-state index in [4.69, 9.17) is 0 Å². The summed E-state index contributed by atoms with van der Waals surface area (Å²) in [5, 5.41) is 9.71. The predicted octanol–water partition coefficient (Wildman–Crippen LogP) is 3.75. The van der Waals surface area contributed by atoms with Crippen molar-refractivity contribution in [2.24, 2.45) is 5.92 Å². The molecule has 0 spiro atoms. The highest BCUT2D eigenvalue weighted by Gasteiger charge is 2.10. The van der Waals surface area contributed by atoms with Crippen LogP contribution < -0.4 is 0 Å². The number of aliphatic hydroxyl groups excluding tert-OH is 1. The monoisotopic (exact) mass is 186 g/mol. The fraction of sp³-hybridized carbons (Fsp3) is 1.00. The van der Waals surface area contributed by atoms with Crippen molar-refractivity contribution >= 4 is 0 Å². The molecular weight excluding hydrogens is 160 g/mol. The van der Waals surface area contributed by atoms with E-state index in [1.807, 2.05) is 0 Å². The highest BCUT2D eigenvalue weighted by molar-refractivity contribution is 4.63. The van der Waals surface area contributed by atoms with E-state index in [9.17, 15) is 5.11 Å². The van der Waals surface area contributed by atoms with Gasteiger partial charge in [0.05, 0.1) is 6.10 Å². The first kappa shape index (κ1) is 13.0. The van der Waals surface area contributed by atoms with Gasteiger partial charge in [0.15, 0.2) is 0 Å². The van der Waals surface area contributed by atoms with Gasteiger partial charge < -0.3 is 5.11 Å². The first-order chi connectivity index (χ1) is 6.24. The van der Waals surface area contributed by atoms with Gasteiger partial charge >= 0.3 is 0 Å². The molecular formula is C12H26O. The zero-order valence-electron chi connectivity index (χ0n) is 9.55. The van der Waals surface area contributed by atoms with Gasteiger partial charge in [-0.25, -0.2) is 0 Å². The van der Waals surface area contributed by atoms with E-state index in [0.29, 0.717) is 0 Å². The van der Waals surface area contributed by atoms with E-state index in [1.54, 1.807) is 0 Å². The van der Waals surface area contributed by atoms with Gasteiger partial charge in [-0.15, -0.1) is 0 Å². The van der Waals surface area contributed by atoms with Crippen LogP contribution in [0.4, 0.5) is 0 Å². The van der Waals surface area contributed by atoms with E-state index in [1.165, 1.54) is 32.1 Å². The fourth-order valence-electron chi connectivity index (χ4n) is 1.75. The minimum atomic E-state index is -0.0450. The second-order valence-corrected chi connectivity index (χ2v) is 4.07. The molecule has 0 aliphatic carbocycles. The maximum atomic E-state index is 9.71.